The fourth-order valence-corrected chi connectivity index (χ4v) is 6.10. The molecular weight excluding hydrogens is 476 g/mol. The molecule has 2 bridgehead atoms. The van der Waals surface area contributed by atoms with Gasteiger partial charge < -0.3 is 33.5 Å². The third kappa shape index (κ3) is 6.03. The van der Waals surface area contributed by atoms with Gasteiger partial charge in [-0.2, -0.15) is 0 Å². The zero-order valence-electron chi connectivity index (χ0n) is 21.5. The lowest BCUT2D eigenvalue weighted by atomic mass is 9.58. The van der Waals surface area contributed by atoms with Crippen LogP contribution >= 0.6 is 0 Å². The number of carbonyl (C=O) groups is 2. The third-order valence-electron chi connectivity index (χ3n) is 8.01. The number of carboxylic acid groups (broad SMARTS) is 1. The van der Waals surface area contributed by atoms with Crippen LogP contribution < -0.4 is 0 Å². The molecule has 1 aliphatic carbocycles. The highest BCUT2D eigenvalue weighted by molar-refractivity contribution is 5.76. The van der Waals surface area contributed by atoms with Gasteiger partial charge in [0.05, 0.1) is 45.9 Å². The zero-order valence-corrected chi connectivity index (χ0v) is 21.5. The van der Waals surface area contributed by atoms with Crippen LogP contribution in [0.3, 0.4) is 0 Å². The maximum absolute atomic E-state index is 11.3. The lowest BCUT2D eigenvalue weighted by molar-refractivity contribution is -0.577. The van der Waals surface area contributed by atoms with Crippen LogP contribution in [0.5, 0.6) is 0 Å². The first-order valence-electron chi connectivity index (χ1n) is 13.1. The van der Waals surface area contributed by atoms with Gasteiger partial charge in [-0.1, -0.05) is 13.8 Å². The molecule has 0 unspecified atom stereocenters. The van der Waals surface area contributed by atoms with E-state index in [0.29, 0.717) is 38.3 Å². The first-order chi connectivity index (χ1) is 17.2. The molecule has 36 heavy (non-hydrogen) atoms. The molecule has 0 radical (unpaired) electrons. The van der Waals surface area contributed by atoms with Crippen molar-refractivity contribution in [3.8, 4) is 0 Å². The predicted octanol–water partition coefficient (Wildman–Crippen LogP) is 2.65. The van der Waals surface area contributed by atoms with Crippen molar-refractivity contribution in [1.82, 2.24) is 0 Å². The van der Waals surface area contributed by atoms with Crippen LogP contribution in [-0.2, 0) is 47.8 Å². The Morgan fingerprint density at radius 2 is 1.64 bits per heavy atom. The first-order valence-corrected chi connectivity index (χ1v) is 13.1. The van der Waals surface area contributed by atoms with Crippen LogP contribution in [0, 0.1) is 23.7 Å². The summed E-state index contributed by atoms with van der Waals surface area (Å²) in [6, 6.07) is 0. The zero-order chi connectivity index (χ0) is 25.8. The highest BCUT2D eigenvalue weighted by Gasteiger charge is 2.69. The van der Waals surface area contributed by atoms with Gasteiger partial charge in [0.2, 0.25) is 5.79 Å². The smallest absolute Gasteiger partial charge is 0.306 e. The molecule has 1 N–H and O–H groups in total. The molecule has 11 nitrogen and oxygen atoms in total. The molecule has 206 valence electrons. The SMILES string of the molecule is C[C@H]1[C@@H](OCCOCCOCCOC(=O)CCC(=O)O)O[C@@H]2O[C@]3(C)CC[C@H]4[C@H](C)CC[C@@H]1[C@@]24OO3. The van der Waals surface area contributed by atoms with Gasteiger partial charge in [0, 0.05) is 18.3 Å². The number of carboxylic acids is 1. The van der Waals surface area contributed by atoms with E-state index in [1.807, 2.05) is 6.92 Å². The summed E-state index contributed by atoms with van der Waals surface area (Å²) < 4.78 is 34.6. The Labute approximate surface area is 211 Å². The van der Waals surface area contributed by atoms with Gasteiger partial charge in [0.15, 0.2) is 18.2 Å². The minimum absolute atomic E-state index is 0.0812. The Morgan fingerprint density at radius 1 is 0.917 bits per heavy atom. The molecule has 11 heteroatoms. The molecule has 1 spiro atoms. The average Bonchev–Trinajstić information content (AvgIpc) is 3.07. The Morgan fingerprint density at radius 3 is 2.39 bits per heavy atom. The summed E-state index contributed by atoms with van der Waals surface area (Å²) in [4.78, 5) is 33.7. The summed E-state index contributed by atoms with van der Waals surface area (Å²) >= 11 is 0. The highest BCUT2D eigenvalue weighted by atomic mass is 17.3. The van der Waals surface area contributed by atoms with Gasteiger partial charge in [-0.15, -0.1) is 0 Å². The number of hydrogen-bond acceptors (Lipinski definition) is 10. The molecule has 4 heterocycles. The molecule has 5 aliphatic rings. The lowest BCUT2D eigenvalue weighted by Gasteiger charge is -2.60. The number of rotatable bonds is 13. The molecule has 0 aromatic heterocycles. The summed E-state index contributed by atoms with van der Waals surface area (Å²) in [7, 11) is 0. The van der Waals surface area contributed by atoms with Gasteiger partial charge in [-0.05, 0) is 38.0 Å². The Hall–Kier alpha value is -1.34. The standard InChI is InChI=1S/C25H40O11/c1-16-4-5-19-17(2)22(33-23-25(19)18(16)8-9-24(3,34-23)35-36-25)32-15-13-30-11-10-29-12-14-31-21(28)7-6-20(26)27/h16-19,22-23H,4-15H2,1-3H3,(H,26,27)/t16-,17-,18+,19+,22+,23-,24+,25-/m1/s1. The van der Waals surface area contributed by atoms with Crippen molar-refractivity contribution in [2.75, 3.05) is 39.6 Å². The van der Waals surface area contributed by atoms with Crippen molar-refractivity contribution in [3.63, 3.8) is 0 Å². The quantitative estimate of drug-likeness (QED) is 0.220. The van der Waals surface area contributed by atoms with E-state index in [1.54, 1.807) is 0 Å². The van der Waals surface area contributed by atoms with Gasteiger partial charge in [-0.3, -0.25) is 9.59 Å². The predicted molar refractivity (Wildman–Crippen MR) is 122 cm³/mol. The van der Waals surface area contributed by atoms with Crippen LogP contribution in [0.15, 0.2) is 0 Å². The molecule has 5 rings (SSSR count). The number of esters is 1. The van der Waals surface area contributed by atoms with Crippen molar-refractivity contribution in [2.45, 2.75) is 83.3 Å². The fraction of sp³-hybridized carbons (Fsp3) is 0.920. The average molecular weight is 517 g/mol. The molecule has 4 saturated heterocycles. The third-order valence-corrected chi connectivity index (χ3v) is 8.01. The summed E-state index contributed by atoms with van der Waals surface area (Å²) in [6.07, 6.45) is 2.62. The molecule has 4 aliphatic heterocycles. The van der Waals surface area contributed by atoms with E-state index in [2.05, 4.69) is 13.8 Å². The van der Waals surface area contributed by atoms with Crippen LogP contribution in [0.25, 0.3) is 0 Å². The van der Waals surface area contributed by atoms with E-state index >= 15 is 0 Å². The largest absolute Gasteiger partial charge is 0.481 e. The van der Waals surface area contributed by atoms with Crippen molar-refractivity contribution in [2.24, 2.45) is 23.7 Å². The normalized spacial score (nSPS) is 39.3. The van der Waals surface area contributed by atoms with Crippen molar-refractivity contribution >= 4 is 11.9 Å². The minimum atomic E-state index is -1.03. The van der Waals surface area contributed by atoms with Crippen LogP contribution in [-0.4, -0.2) is 80.7 Å². The molecular formula is C25H40O11. The number of carbonyl (C=O) groups excluding carboxylic acids is 1. The number of hydrogen-bond donors (Lipinski definition) is 1. The number of fused-ring (bicyclic) bond motifs is 2. The summed E-state index contributed by atoms with van der Waals surface area (Å²) in [5.74, 6) is -1.20. The van der Waals surface area contributed by atoms with Gasteiger partial charge in [-0.25, -0.2) is 9.78 Å². The maximum Gasteiger partial charge on any atom is 0.306 e. The topological polar surface area (TPSA) is 128 Å². The Balaban J connectivity index is 1.14. The van der Waals surface area contributed by atoms with Crippen LogP contribution in [0.1, 0.15) is 59.3 Å². The molecule has 0 aromatic rings. The summed E-state index contributed by atoms with van der Waals surface area (Å²) in [6.45, 7) is 8.14. The molecule has 0 amide bonds. The second-order valence-corrected chi connectivity index (χ2v) is 10.5. The van der Waals surface area contributed by atoms with E-state index in [1.165, 1.54) is 0 Å². The molecule has 5 fully saturated rings. The van der Waals surface area contributed by atoms with Crippen molar-refractivity contribution < 1.29 is 52.9 Å². The monoisotopic (exact) mass is 516 g/mol. The van der Waals surface area contributed by atoms with E-state index in [9.17, 15) is 9.59 Å². The minimum Gasteiger partial charge on any atom is -0.481 e. The van der Waals surface area contributed by atoms with Crippen molar-refractivity contribution in [3.05, 3.63) is 0 Å². The van der Waals surface area contributed by atoms with Crippen LogP contribution in [0.4, 0.5) is 0 Å². The van der Waals surface area contributed by atoms with Crippen LogP contribution in [0.2, 0.25) is 0 Å². The van der Waals surface area contributed by atoms with Crippen molar-refractivity contribution in [1.29, 1.82) is 0 Å². The summed E-state index contributed by atoms with van der Waals surface area (Å²) in [5.41, 5.74) is -0.592. The second kappa shape index (κ2) is 12.0. The molecule has 1 saturated carbocycles. The van der Waals surface area contributed by atoms with E-state index in [-0.39, 0.29) is 37.9 Å². The molecule has 8 atom stereocenters. The highest BCUT2D eigenvalue weighted by Crippen LogP contribution is 2.60. The van der Waals surface area contributed by atoms with Gasteiger partial charge in [0.1, 0.15) is 6.61 Å². The van der Waals surface area contributed by atoms with Gasteiger partial charge in [0.25, 0.3) is 0 Å². The lowest BCUT2D eigenvalue weighted by Crippen LogP contribution is -2.70. The Bertz CT molecular complexity index is 762. The first kappa shape index (κ1) is 27.7. The Kier molecular flexibility index (Phi) is 9.24. The number of ether oxygens (including phenoxy) is 6. The fourth-order valence-electron chi connectivity index (χ4n) is 6.10. The molecule has 0 aromatic carbocycles. The second-order valence-electron chi connectivity index (χ2n) is 10.5. The van der Waals surface area contributed by atoms with E-state index in [0.717, 1.165) is 25.7 Å². The summed E-state index contributed by atoms with van der Waals surface area (Å²) in [5, 5.41) is 8.53. The van der Waals surface area contributed by atoms with E-state index in [4.69, 9.17) is 43.3 Å². The van der Waals surface area contributed by atoms with Gasteiger partial charge >= 0.3 is 11.9 Å². The van der Waals surface area contributed by atoms with E-state index < -0.39 is 35.9 Å². The maximum atomic E-state index is 11.3. The number of aliphatic carboxylic acids is 1.